The maximum atomic E-state index is 5.94. The van der Waals surface area contributed by atoms with E-state index in [9.17, 15) is 0 Å². The minimum absolute atomic E-state index is 0.177. The summed E-state index contributed by atoms with van der Waals surface area (Å²) in [6.07, 6.45) is 2.14. The summed E-state index contributed by atoms with van der Waals surface area (Å²) < 4.78 is 5.25. The van der Waals surface area contributed by atoms with Crippen LogP contribution in [0.5, 0.6) is 5.75 Å². The largest absolute Gasteiger partial charge is 0.496 e. The SMILES string of the molecule is COc1cccc2c1[C@H](N)CC2. The highest BCUT2D eigenvalue weighted by Crippen LogP contribution is 2.35. The summed E-state index contributed by atoms with van der Waals surface area (Å²) in [5.74, 6) is 0.942. The smallest absolute Gasteiger partial charge is 0.123 e. The van der Waals surface area contributed by atoms with Crippen LogP contribution in [0.3, 0.4) is 0 Å². The van der Waals surface area contributed by atoms with Crippen molar-refractivity contribution >= 4 is 0 Å². The lowest BCUT2D eigenvalue weighted by atomic mass is 10.1. The highest BCUT2D eigenvalue weighted by molar-refractivity contribution is 5.45. The second-order valence-corrected chi connectivity index (χ2v) is 3.18. The second kappa shape index (κ2) is 2.79. The summed E-state index contributed by atoms with van der Waals surface area (Å²) in [6, 6.07) is 6.31. The number of fused-ring (bicyclic) bond motifs is 1. The lowest BCUT2D eigenvalue weighted by Gasteiger charge is -2.09. The Hall–Kier alpha value is -1.02. The summed E-state index contributed by atoms with van der Waals surface area (Å²) in [6.45, 7) is 0. The van der Waals surface area contributed by atoms with Gasteiger partial charge in [0.15, 0.2) is 0 Å². The monoisotopic (exact) mass is 163 g/mol. The molecule has 0 radical (unpaired) electrons. The molecule has 1 aromatic rings. The number of benzene rings is 1. The zero-order chi connectivity index (χ0) is 8.55. The zero-order valence-electron chi connectivity index (χ0n) is 7.21. The maximum absolute atomic E-state index is 5.94. The van der Waals surface area contributed by atoms with Crippen LogP contribution in [0.2, 0.25) is 0 Å². The Labute approximate surface area is 72.3 Å². The molecule has 0 unspecified atom stereocenters. The van der Waals surface area contributed by atoms with E-state index in [1.54, 1.807) is 7.11 Å². The van der Waals surface area contributed by atoms with Gasteiger partial charge < -0.3 is 10.5 Å². The summed E-state index contributed by atoms with van der Waals surface area (Å²) in [7, 11) is 1.70. The van der Waals surface area contributed by atoms with Crippen LogP contribution in [0.25, 0.3) is 0 Å². The first kappa shape index (κ1) is 7.62. The fourth-order valence-corrected chi connectivity index (χ4v) is 1.86. The van der Waals surface area contributed by atoms with Crippen LogP contribution >= 0.6 is 0 Å². The molecule has 2 N–H and O–H groups in total. The molecule has 0 saturated heterocycles. The van der Waals surface area contributed by atoms with E-state index in [4.69, 9.17) is 10.5 Å². The van der Waals surface area contributed by atoms with Crippen molar-refractivity contribution in [3.8, 4) is 5.75 Å². The van der Waals surface area contributed by atoms with Crippen LogP contribution in [0.4, 0.5) is 0 Å². The number of rotatable bonds is 1. The number of methoxy groups -OCH3 is 1. The summed E-state index contributed by atoms with van der Waals surface area (Å²) in [4.78, 5) is 0. The lowest BCUT2D eigenvalue weighted by molar-refractivity contribution is 0.407. The maximum Gasteiger partial charge on any atom is 0.123 e. The molecule has 64 valence electrons. The molecule has 0 fully saturated rings. The van der Waals surface area contributed by atoms with E-state index in [-0.39, 0.29) is 6.04 Å². The molecule has 0 aliphatic heterocycles. The van der Waals surface area contributed by atoms with Gasteiger partial charge in [0.1, 0.15) is 5.75 Å². The summed E-state index contributed by atoms with van der Waals surface area (Å²) >= 11 is 0. The normalized spacial score (nSPS) is 20.7. The molecular formula is C10H13NO. The van der Waals surface area contributed by atoms with E-state index in [0.29, 0.717) is 0 Å². The third kappa shape index (κ3) is 0.994. The van der Waals surface area contributed by atoms with E-state index in [1.165, 1.54) is 11.1 Å². The molecule has 2 rings (SSSR count). The van der Waals surface area contributed by atoms with Crippen molar-refractivity contribution in [2.75, 3.05) is 7.11 Å². The quantitative estimate of drug-likeness (QED) is 0.683. The average molecular weight is 163 g/mol. The first-order chi connectivity index (χ1) is 5.83. The summed E-state index contributed by atoms with van der Waals surface area (Å²) in [5.41, 5.74) is 8.50. The average Bonchev–Trinajstić information content (AvgIpc) is 2.48. The molecule has 12 heavy (non-hydrogen) atoms. The Morgan fingerprint density at radius 3 is 3.08 bits per heavy atom. The Bertz CT molecular complexity index is 296. The molecule has 2 nitrogen and oxygen atoms in total. The van der Waals surface area contributed by atoms with Crippen molar-refractivity contribution in [3.63, 3.8) is 0 Å². The third-order valence-corrected chi connectivity index (χ3v) is 2.47. The van der Waals surface area contributed by atoms with Gasteiger partial charge in [0, 0.05) is 11.6 Å². The Morgan fingerprint density at radius 2 is 2.33 bits per heavy atom. The van der Waals surface area contributed by atoms with Crippen LogP contribution in [-0.4, -0.2) is 7.11 Å². The van der Waals surface area contributed by atoms with Gasteiger partial charge in [-0.05, 0) is 24.5 Å². The molecule has 1 aromatic carbocycles. The zero-order valence-corrected chi connectivity index (χ0v) is 7.21. The molecule has 0 aromatic heterocycles. The molecule has 0 spiro atoms. The minimum atomic E-state index is 0.177. The Morgan fingerprint density at radius 1 is 1.50 bits per heavy atom. The van der Waals surface area contributed by atoms with E-state index in [0.717, 1.165) is 18.6 Å². The molecule has 2 heteroatoms. The molecule has 1 aliphatic carbocycles. The van der Waals surface area contributed by atoms with Crippen molar-refractivity contribution < 1.29 is 4.74 Å². The number of hydrogen-bond acceptors (Lipinski definition) is 2. The molecule has 1 aliphatic rings. The van der Waals surface area contributed by atoms with Crippen LogP contribution in [0, 0.1) is 0 Å². The number of nitrogens with two attached hydrogens (primary N) is 1. The first-order valence-electron chi connectivity index (χ1n) is 4.24. The van der Waals surface area contributed by atoms with Gasteiger partial charge in [-0.2, -0.15) is 0 Å². The van der Waals surface area contributed by atoms with Gasteiger partial charge >= 0.3 is 0 Å². The topological polar surface area (TPSA) is 35.2 Å². The van der Waals surface area contributed by atoms with Crippen molar-refractivity contribution in [3.05, 3.63) is 29.3 Å². The Kier molecular flexibility index (Phi) is 1.77. The molecule has 1 atom stereocenters. The first-order valence-corrected chi connectivity index (χ1v) is 4.24. The van der Waals surface area contributed by atoms with Gasteiger partial charge in [-0.3, -0.25) is 0 Å². The van der Waals surface area contributed by atoms with Crippen molar-refractivity contribution in [1.82, 2.24) is 0 Å². The predicted molar refractivity (Wildman–Crippen MR) is 48.2 cm³/mol. The minimum Gasteiger partial charge on any atom is -0.496 e. The van der Waals surface area contributed by atoms with Crippen molar-refractivity contribution in [2.24, 2.45) is 5.73 Å². The van der Waals surface area contributed by atoms with Gasteiger partial charge in [-0.25, -0.2) is 0 Å². The number of ether oxygens (including phenoxy) is 1. The highest BCUT2D eigenvalue weighted by atomic mass is 16.5. The van der Waals surface area contributed by atoms with Gasteiger partial charge in [0.2, 0.25) is 0 Å². The standard InChI is InChI=1S/C10H13NO/c1-12-9-4-2-3-7-5-6-8(11)10(7)9/h2-4,8H,5-6,11H2,1H3/t8-/m1/s1. The van der Waals surface area contributed by atoms with Crippen LogP contribution in [0.1, 0.15) is 23.6 Å². The predicted octanol–water partition coefficient (Wildman–Crippen LogP) is 1.64. The van der Waals surface area contributed by atoms with Gasteiger partial charge in [-0.1, -0.05) is 12.1 Å². The van der Waals surface area contributed by atoms with E-state index in [2.05, 4.69) is 6.07 Å². The van der Waals surface area contributed by atoms with E-state index in [1.807, 2.05) is 12.1 Å². The van der Waals surface area contributed by atoms with E-state index < -0.39 is 0 Å². The van der Waals surface area contributed by atoms with Crippen LogP contribution in [0.15, 0.2) is 18.2 Å². The molecule has 0 heterocycles. The number of aryl methyl sites for hydroxylation is 1. The van der Waals surface area contributed by atoms with Gasteiger partial charge in [0.25, 0.3) is 0 Å². The fraction of sp³-hybridized carbons (Fsp3) is 0.400. The fourth-order valence-electron chi connectivity index (χ4n) is 1.86. The molecule has 0 saturated carbocycles. The van der Waals surface area contributed by atoms with Gasteiger partial charge in [-0.15, -0.1) is 0 Å². The lowest BCUT2D eigenvalue weighted by Crippen LogP contribution is -2.06. The van der Waals surface area contributed by atoms with Crippen molar-refractivity contribution in [1.29, 1.82) is 0 Å². The molecular weight excluding hydrogens is 150 g/mol. The Balaban J connectivity index is 2.53. The van der Waals surface area contributed by atoms with Crippen molar-refractivity contribution in [2.45, 2.75) is 18.9 Å². The highest BCUT2D eigenvalue weighted by Gasteiger charge is 2.22. The number of hydrogen-bond donors (Lipinski definition) is 1. The second-order valence-electron chi connectivity index (χ2n) is 3.18. The van der Waals surface area contributed by atoms with E-state index >= 15 is 0 Å². The van der Waals surface area contributed by atoms with Crippen LogP contribution in [-0.2, 0) is 6.42 Å². The van der Waals surface area contributed by atoms with Crippen LogP contribution < -0.4 is 10.5 Å². The summed E-state index contributed by atoms with van der Waals surface area (Å²) in [5, 5.41) is 0. The molecule has 0 bridgehead atoms. The van der Waals surface area contributed by atoms with Gasteiger partial charge in [0.05, 0.1) is 7.11 Å². The third-order valence-electron chi connectivity index (χ3n) is 2.47. The molecule has 0 amide bonds.